The van der Waals surface area contributed by atoms with E-state index in [1.165, 1.54) is 0 Å². The van der Waals surface area contributed by atoms with Crippen molar-refractivity contribution in [3.8, 4) is 0 Å². The highest BCUT2D eigenvalue weighted by Crippen LogP contribution is 2.44. The molecular formula is C8H17NO3. The molecule has 0 amide bonds. The molecule has 1 fully saturated rings. The van der Waals surface area contributed by atoms with Gasteiger partial charge in [-0.15, -0.1) is 0 Å². The van der Waals surface area contributed by atoms with E-state index in [9.17, 15) is 5.11 Å². The minimum atomic E-state index is -1.43. The number of nitrogens with two attached hydrogens (primary N) is 1. The summed E-state index contributed by atoms with van der Waals surface area (Å²) in [5.41, 5.74) is 5.00. The number of hydrogen-bond acceptors (Lipinski definition) is 4. The second-order valence-electron chi connectivity index (χ2n) is 3.89. The summed E-state index contributed by atoms with van der Waals surface area (Å²) in [6.07, 6.45) is -2.01. The van der Waals surface area contributed by atoms with E-state index < -0.39 is 17.9 Å². The van der Waals surface area contributed by atoms with Gasteiger partial charge in [-0.25, -0.2) is 0 Å². The lowest BCUT2D eigenvalue weighted by molar-refractivity contribution is -0.153. The molecule has 12 heavy (non-hydrogen) atoms. The Labute approximate surface area is 72.0 Å². The highest BCUT2D eigenvalue weighted by atomic mass is 16.5. The molecule has 0 spiro atoms. The Morgan fingerprint density at radius 2 is 1.92 bits per heavy atom. The third-order valence-electron chi connectivity index (χ3n) is 3.22. The van der Waals surface area contributed by atoms with Crippen molar-refractivity contribution in [2.75, 3.05) is 0 Å². The van der Waals surface area contributed by atoms with Gasteiger partial charge < -0.3 is 21.1 Å². The van der Waals surface area contributed by atoms with Crippen LogP contribution >= 0.6 is 0 Å². The fourth-order valence-corrected chi connectivity index (χ4v) is 2.03. The molecule has 1 saturated carbocycles. The van der Waals surface area contributed by atoms with E-state index in [1.807, 2.05) is 13.8 Å². The Morgan fingerprint density at radius 1 is 1.42 bits per heavy atom. The van der Waals surface area contributed by atoms with E-state index in [0.29, 0.717) is 0 Å². The van der Waals surface area contributed by atoms with E-state index in [1.54, 1.807) is 0 Å². The van der Waals surface area contributed by atoms with Crippen LogP contribution in [-0.4, -0.2) is 33.3 Å². The van der Waals surface area contributed by atoms with Gasteiger partial charge in [-0.1, -0.05) is 13.8 Å². The number of rotatable bonds is 2. The largest absolute Gasteiger partial charge is 0.391 e. The third kappa shape index (κ3) is 1.25. The predicted molar refractivity (Wildman–Crippen MR) is 44.1 cm³/mol. The van der Waals surface area contributed by atoms with Gasteiger partial charge in [-0.3, -0.25) is 0 Å². The Morgan fingerprint density at radius 3 is 2.25 bits per heavy atom. The Balaban J connectivity index is 2.60. The first-order valence-corrected chi connectivity index (χ1v) is 4.22. The molecule has 1 aliphatic rings. The Bertz CT molecular complexity index is 162. The van der Waals surface area contributed by atoms with Crippen molar-refractivity contribution in [1.29, 1.82) is 0 Å². The van der Waals surface area contributed by atoms with E-state index in [-0.39, 0.29) is 18.3 Å². The normalized spacial score (nSPS) is 47.8. The molecule has 4 unspecified atom stereocenters. The predicted octanol–water partition coefficient (Wildman–Crippen LogP) is -0.969. The molecule has 72 valence electrons. The average Bonchev–Trinajstić information content (AvgIpc) is 2.00. The van der Waals surface area contributed by atoms with E-state index >= 15 is 0 Å². The second kappa shape index (κ2) is 2.96. The lowest BCUT2D eigenvalue weighted by atomic mass is 9.57. The van der Waals surface area contributed by atoms with Crippen molar-refractivity contribution >= 4 is 0 Å². The van der Waals surface area contributed by atoms with Crippen LogP contribution < -0.4 is 5.73 Å². The summed E-state index contributed by atoms with van der Waals surface area (Å²) in [5.74, 6) is 0.281. The molecule has 0 aromatic carbocycles. The Kier molecular flexibility index (Phi) is 2.45. The first kappa shape index (κ1) is 9.92. The van der Waals surface area contributed by atoms with Gasteiger partial charge in [0.1, 0.15) is 0 Å². The first-order valence-electron chi connectivity index (χ1n) is 4.22. The zero-order valence-electron chi connectivity index (χ0n) is 7.44. The number of hydrogen-bond donors (Lipinski definition) is 4. The van der Waals surface area contributed by atoms with E-state index in [2.05, 4.69) is 0 Å². The van der Waals surface area contributed by atoms with E-state index in [0.717, 1.165) is 0 Å². The maximum absolute atomic E-state index is 9.51. The van der Waals surface area contributed by atoms with Crippen LogP contribution in [0.2, 0.25) is 0 Å². The summed E-state index contributed by atoms with van der Waals surface area (Å²) in [6, 6.07) is 0. The van der Waals surface area contributed by atoms with Crippen molar-refractivity contribution in [3.05, 3.63) is 0 Å². The lowest BCUT2D eigenvalue weighted by Gasteiger charge is -2.55. The lowest BCUT2D eigenvalue weighted by Crippen LogP contribution is -2.71. The average molecular weight is 175 g/mol. The van der Waals surface area contributed by atoms with Crippen molar-refractivity contribution < 1.29 is 15.3 Å². The van der Waals surface area contributed by atoms with Crippen LogP contribution in [0, 0.1) is 11.8 Å². The fraction of sp³-hybridized carbons (Fsp3) is 1.00. The summed E-state index contributed by atoms with van der Waals surface area (Å²) in [4.78, 5) is 0. The van der Waals surface area contributed by atoms with Crippen molar-refractivity contribution in [2.24, 2.45) is 17.6 Å². The standard InChI is InChI=1S/C8H17NO3/c1-4-5(2)8(9,7(4)12)3-6(10)11/h4-7,10-12H,3,9H2,1-2H3. The molecule has 5 N–H and O–H groups in total. The SMILES string of the molecule is CC1C(C)C(N)(CC(O)O)C1O. The minimum absolute atomic E-state index is 0.0413. The quantitative estimate of drug-likeness (QED) is 0.407. The molecule has 0 aromatic heterocycles. The molecule has 0 aromatic rings. The minimum Gasteiger partial charge on any atom is -0.391 e. The topological polar surface area (TPSA) is 86.7 Å². The summed E-state index contributed by atoms with van der Waals surface area (Å²) in [6.45, 7) is 3.82. The number of aliphatic hydroxyl groups excluding tert-OH is 2. The molecule has 0 aliphatic heterocycles. The van der Waals surface area contributed by atoms with Crippen LogP contribution in [0.3, 0.4) is 0 Å². The smallest absolute Gasteiger partial charge is 0.153 e. The van der Waals surface area contributed by atoms with Gasteiger partial charge in [0.15, 0.2) is 6.29 Å². The molecule has 1 aliphatic carbocycles. The highest BCUT2D eigenvalue weighted by molar-refractivity contribution is 5.10. The maximum atomic E-state index is 9.51. The summed E-state index contributed by atoms with van der Waals surface area (Å²) >= 11 is 0. The monoisotopic (exact) mass is 175 g/mol. The second-order valence-corrected chi connectivity index (χ2v) is 3.89. The van der Waals surface area contributed by atoms with Crippen molar-refractivity contribution in [2.45, 2.75) is 38.2 Å². The molecule has 0 bridgehead atoms. The van der Waals surface area contributed by atoms with Crippen LogP contribution in [-0.2, 0) is 0 Å². The molecule has 0 saturated heterocycles. The first-order chi connectivity index (χ1) is 5.39. The van der Waals surface area contributed by atoms with Crippen LogP contribution in [0.4, 0.5) is 0 Å². The Hall–Kier alpha value is -0.160. The molecule has 1 rings (SSSR count). The summed E-state index contributed by atoms with van der Waals surface area (Å²) < 4.78 is 0. The van der Waals surface area contributed by atoms with Gasteiger partial charge in [-0.05, 0) is 11.8 Å². The van der Waals surface area contributed by atoms with Crippen LogP contribution in [0.1, 0.15) is 20.3 Å². The zero-order valence-corrected chi connectivity index (χ0v) is 7.44. The molecule has 0 heterocycles. The van der Waals surface area contributed by atoms with Crippen molar-refractivity contribution in [1.82, 2.24) is 0 Å². The highest BCUT2D eigenvalue weighted by Gasteiger charge is 2.55. The van der Waals surface area contributed by atoms with Crippen LogP contribution in [0.15, 0.2) is 0 Å². The van der Waals surface area contributed by atoms with E-state index in [4.69, 9.17) is 15.9 Å². The summed E-state index contributed by atoms with van der Waals surface area (Å²) in [5, 5.41) is 27.0. The fourth-order valence-electron chi connectivity index (χ4n) is 2.03. The molecule has 0 radical (unpaired) electrons. The van der Waals surface area contributed by atoms with Gasteiger partial charge in [0.2, 0.25) is 0 Å². The summed E-state index contributed by atoms with van der Waals surface area (Å²) in [7, 11) is 0. The van der Waals surface area contributed by atoms with Crippen molar-refractivity contribution in [3.63, 3.8) is 0 Å². The molecule has 4 heteroatoms. The van der Waals surface area contributed by atoms with Gasteiger partial charge in [0.25, 0.3) is 0 Å². The van der Waals surface area contributed by atoms with Gasteiger partial charge in [0, 0.05) is 12.0 Å². The van der Waals surface area contributed by atoms with Gasteiger partial charge in [0.05, 0.1) is 6.10 Å². The van der Waals surface area contributed by atoms with Crippen LogP contribution in [0.25, 0.3) is 0 Å². The van der Waals surface area contributed by atoms with Crippen LogP contribution in [0.5, 0.6) is 0 Å². The van der Waals surface area contributed by atoms with Gasteiger partial charge in [-0.2, -0.15) is 0 Å². The maximum Gasteiger partial charge on any atom is 0.153 e. The van der Waals surface area contributed by atoms with Gasteiger partial charge >= 0.3 is 0 Å². The molecule has 4 atom stereocenters. The zero-order chi connectivity index (χ0) is 9.52. The molecule has 4 nitrogen and oxygen atoms in total. The third-order valence-corrected chi connectivity index (χ3v) is 3.22. The number of aliphatic hydroxyl groups is 3. The molecular weight excluding hydrogens is 158 g/mol.